The number of nitrogens with zero attached hydrogens (tertiary/aromatic N) is 4. The number of hydrogen-bond acceptors (Lipinski definition) is 6. The zero-order chi connectivity index (χ0) is 20.2. The van der Waals surface area contributed by atoms with Gasteiger partial charge in [-0.1, -0.05) is 30.3 Å². The van der Waals surface area contributed by atoms with Crippen LogP contribution in [-0.4, -0.2) is 54.0 Å². The van der Waals surface area contributed by atoms with Gasteiger partial charge in [-0.15, -0.1) is 0 Å². The van der Waals surface area contributed by atoms with Gasteiger partial charge in [0.05, 0.1) is 6.20 Å². The Morgan fingerprint density at radius 2 is 1.86 bits per heavy atom. The van der Waals surface area contributed by atoms with Crippen molar-refractivity contribution in [1.29, 1.82) is 0 Å². The first-order valence-electron chi connectivity index (χ1n) is 9.82. The first-order chi connectivity index (χ1) is 14.1. The molecular formula is C22H25N5O2. The van der Waals surface area contributed by atoms with Gasteiger partial charge < -0.3 is 19.5 Å². The number of hydrogen-bond donors (Lipinski definition) is 1. The molecule has 1 N–H and O–H groups in total. The number of anilines is 1. The number of pyridine rings is 1. The van der Waals surface area contributed by atoms with Crippen LogP contribution in [0.2, 0.25) is 0 Å². The summed E-state index contributed by atoms with van der Waals surface area (Å²) in [7, 11) is 2.11. The molecule has 1 fully saturated rings. The van der Waals surface area contributed by atoms with Crippen LogP contribution in [0, 0.1) is 0 Å². The Bertz CT molecular complexity index is 964. The van der Waals surface area contributed by atoms with Gasteiger partial charge in [0.15, 0.2) is 5.76 Å². The van der Waals surface area contributed by atoms with Crippen LogP contribution in [0.4, 0.5) is 5.82 Å². The maximum Gasteiger partial charge on any atom is 0.252 e. The van der Waals surface area contributed by atoms with Crippen LogP contribution in [0.1, 0.15) is 29.2 Å². The molecule has 1 aliphatic heterocycles. The lowest BCUT2D eigenvalue weighted by molar-refractivity contribution is 0.0934. The Hall–Kier alpha value is -3.19. The normalized spacial score (nSPS) is 15.9. The van der Waals surface area contributed by atoms with E-state index >= 15 is 0 Å². The average molecular weight is 391 g/mol. The first kappa shape index (κ1) is 19.1. The highest BCUT2D eigenvalue weighted by atomic mass is 16.4. The molecular weight excluding hydrogens is 366 g/mol. The van der Waals surface area contributed by atoms with Gasteiger partial charge in [-0.3, -0.25) is 4.79 Å². The molecule has 7 heteroatoms. The summed E-state index contributed by atoms with van der Waals surface area (Å²) in [6, 6.07) is 13.0. The summed E-state index contributed by atoms with van der Waals surface area (Å²) in [5.41, 5.74) is 1.53. The van der Waals surface area contributed by atoms with Gasteiger partial charge in [-0.25, -0.2) is 9.97 Å². The maximum atomic E-state index is 12.8. The van der Waals surface area contributed by atoms with Crippen molar-refractivity contribution in [3.05, 3.63) is 66.3 Å². The summed E-state index contributed by atoms with van der Waals surface area (Å²) in [5, 5.41) is 2.96. The minimum absolute atomic E-state index is 0.172. The number of amides is 1. The van der Waals surface area contributed by atoms with E-state index in [0.29, 0.717) is 17.2 Å². The number of rotatable bonds is 5. The highest BCUT2D eigenvalue weighted by molar-refractivity contribution is 5.95. The molecule has 0 saturated carbocycles. The molecule has 3 heterocycles. The second kappa shape index (κ2) is 8.45. The second-order valence-electron chi connectivity index (χ2n) is 7.32. The van der Waals surface area contributed by atoms with E-state index in [-0.39, 0.29) is 11.9 Å². The van der Waals surface area contributed by atoms with E-state index in [1.807, 2.05) is 43.3 Å². The molecule has 1 aromatic carbocycles. The van der Waals surface area contributed by atoms with Crippen molar-refractivity contribution in [2.45, 2.75) is 13.0 Å². The van der Waals surface area contributed by atoms with Crippen LogP contribution in [-0.2, 0) is 0 Å². The molecule has 1 aliphatic rings. The van der Waals surface area contributed by atoms with Gasteiger partial charge in [-0.05, 0) is 26.1 Å². The van der Waals surface area contributed by atoms with Gasteiger partial charge in [0.25, 0.3) is 5.91 Å². The zero-order valence-corrected chi connectivity index (χ0v) is 16.7. The third kappa shape index (κ3) is 4.46. The van der Waals surface area contributed by atoms with E-state index in [1.54, 1.807) is 18.5 Å². The lowest BCUT2D eigenvalue weighted by atomic mass is 10.2. The Kier molecular flexibility index (Phi) is 5.57. The van der Waals surface area contributed by atoms with Crippen molar-refractivity contribution in [2.75, 3.05) is 38.1 Å². The number of likely N-dealkylation sites (N-methyl/N-ethyl adjacent to an activating group) is 1. The summed E-state index contributed by atoms with van der Waals surface area (Å²) < 4.78 is 5.85. The van der Waals surface area contributed by atoms with E-state index in [1.165, 1.54) is 0 Å². The van der Waals surface area contributed by atoms with E-state index in [0.717, 1.165) is 37.6 Å². The Morgan fingerprint density at radius 1 is 1.10 bits per heavy atom. The quantitative estimate of drug-likeness (QED) is 0.721. The largest absolute Gasteiger partial charge is 0.438 e. The topological polar surface area (TPSA) is 74.5 Å². The number of nitrogens with one attached hydrogen (secondary N) is 1. The molecule has 0 aliphatic carbocycles. The minimum Gasteiger partial charge on any atom is -0.438 e. The van der Waals surface area contributed by atoms with E-state index in [9.17, 15) is 4.79 Å². The SMILES string of the molecule is C[C@H](NC(=O)c1ccnc(N2CCN(C)CC2)c1)c1ncc(-c2ccccc2)o1. The van der Waals surface area contributed by atoms with Crippen LogP contribution in [0.5, 0.6) is 0 Å². The van der Waals surface area contributed by atoms with Crippen molar-refractivity contribution in [3.63, 3.8) is 0 Å². The number of aromatic nitrogens is 2. The molecule has 0 radical (unpaired) electrons. The Labute approximate surface area is 170 Å². The van der Waals surface area contributed by atoms with Crippen molar-refractivity contribution < 1.29 is 9.21 Å². The summed E-state index contributed by atoms with van der Waals surface area (Å²) >= 11 is 0. The molecule has 1 saturated heterocycles. The summed E-state index contributed by atoms with van der Waals surface area (Å²) in [4.78, 5) is 26.0. The minimum atomic E-state index is -0.347. The van der Waals surface area contributed by atoms with E-state index < -0.39 is 0 Å². The highest BCUT2D eigenvalue weighted by Gasteiger charge is 2.19. The van der Waals surface area contributed by atoms with Crippen molar-refractivity contribution in [1.82, 2.24) is 20.2 Å². The van der Waals surface area contributed by atoms with Crippen LogP contribution in [0.25, 0.3) is 11.3 Å². The van der Waals surface area contributed by atoms with Crippen LogP contribution >= 0.6 is 0 Å². The van der Waals surface area contributed by atoms with Crippen molar-refractivity contribution in [3.8, 4) is 11.3 Å². The summed E-state index contributed by atoms with van der Waals surface area (Å²) in [6.45, 7) is 5.65. The summed E-state index contributed by atoms with van der Waals surface area (Å²) in [6.07, 6.45) is 3.37. The van der Waals surface area contributed by atoms with Crippen molar-refractivity contribution >= 4 is 11.7 Å². The number of benzene rings is 1. The molecule has 3 aromatic rings. The molecule has 7 nitrogen and oxygen atoms in total. The van der Waals surface area contributed by atoms with Gasteiger partial charge in [-0.2, -0.15) is 0 Å². The second-order valence-corrected chi connectivity index (χ2v) is 7.32. The first-order valence-corrected chi connectivity index (χ1v) is 9.82. The fourth-order valence-electron chi connectivity index (χ4n) is 3.33. The molecule has 1 amide bonds. The standard InChI is InChI=1S/C22H25N5O2/c1-16(22-24-15-19(29-22)17-6-4-3-5-7-17)25-21(28)18-8-9-23-20(14-18)27-12-10-26(2)11-13-27/h3-9,14-16H,10-13H2,1-2H3,(H,25,28)/t16-/m0/s1. The van der Waals surface area contributed by atoms with Gasteiger partial charge in [0, 0.05) is 43.5 Å². The fraction of sp³-hybridized carbons (Fsp3) is 0.318. The molecule has 150 valence electrons. The third-order valence-electron chi connectivity index (χ3n) is 5.13. The zero-order valence-electron chi connectivity index (χ0n) is 16.7. The smallest absolute Gasteiger partial charge is 0.252 e. The van der Waals surface area contributed by atoms with E-state index in [4.69, 9.17) is 4.42 Å². The van der Waals surface area contributed by atoms with Gasteiger partial charge in [0.1, 0.15) is 11.9 Å². The van der Waals surface area contributed by atoms with E-state index in [2.05, 4.69) is 32.1 Å². The fourth-order valence-corrected chi connectivity index (χ4v) is 3.33. The lowest BCUT2D eigenvalue weighted by Crippen LogP contribution is -2.44. The van der Waals surface area contributed by atoms with Gasteiger partial charge in [0.2, 0.25) is 5.89 Å². The average Bonchev–Trinajstić information content (AvgIpc) is 3.25. The van der Waals surface area contributed by atoms with Crippen LogP contribution in [0.3, 0.4) is 0 Å². The predicted molar refractivity (Wildman–Crippen MR) is 112 cm³/mol. The predicted octanol–water partition coefficient (Wildman–Crippen LogP) is 2.98. The molecule has 0 spiro atoms. The Balaban J connectivity index is 1.43. The summed E-state index contributed by atoms with van der Waals surface area (Å²) in [5.74, 6) is 1.82. The lowest BCUT2D eigenvalue weighted by Gasteiger charge is -2.33. The number of carbonyl (C=O) groups is 1. The third-order valence-corrected chi connectivity index (χ3v) is 5.13. The number of carbonyl (C=O) groups excluding carboxylic acids is 1. The molecule has 1 atom stereocenters. The molecule has 4 rings (SSSR count). The highest BCUT2D eigenvalue weighted by Crippen LogP contribution is 2.23. The Morgan fingerprint density at radius 3 is 2.62 bits per heavy atom. The molecule has 0 unspecified atom stereocenters. The number of oxazole rings is 1. The number of piperazine rings is 1. The van der Waals surface area contributed by atoms with Crippen LogP contribution in [0.15, 0.2) is 59.3 Å². The van der Waals surface area contributed by atoms with Crippen molar-refractivity contribution in [2.24, 2.45) is 0 Å². The molecule has 2 aromatic heterocycles. The van der Waals surface area contributed by atoms with Crippen LogP contribution < -0.4 is 10.2 Å². The maximum absolute atomic E-state index is 12.8. The molecule has 29 heavy (non-hydrogen) atoms. The molecule has 0 bridgehead atoms. The van der Waals surface area contributed by atoms with Gasteiger partial charge >= 0.3 is 0 Å². The monoisotopic (exact) mass is 391 g/mol.